The second kappa shape index (κ2) is 6.00. The van der Waals surface area contributed by atoms with E-state index in [0.717, 1.165) is 29.5 Å². The summed E-state index contributed by atoms with van der Waals surface area (Å²) in [6, 6.07) is 4.12. The van der Waals surface area contributed by atoms with Gasteiger partial charge in [0, 0.05) is 23.1 Å². The number of hydrogen-bond acceptors (Lipinski definition) is 4. The van der Waals surface area contributed by atoms with Gasteiger partial charge in [-0.3, -0.25) is 0 Å². The molecule has 23 heavy (non-hydrogen) atoms. The van der Waals surface area contributed by atoms with Crippen LogP contribution in [0.3, 0.4) is 0 Å². The van der Waals surface area contributed by atoms with Gasteiger partial charge >= 0.3 is 0 Å². The molecule has 3 heterocycles. The molecular weight excluding hydrogens is 363 g/mol. The number of likely N-dealkylation sites (tertiary alicyclic amines) is 1. The molecule has 4 nitrogen and oxygen atoms in total. The Balaban J connectivity index is 1.65. The topological polar surface area (TPSA) is 34.6 Å². The average Bonchev–Trinajstić information content (AvgIpc) is 3.19. The lowest BCUT2D eigenvalue weighted by molar-refractivity contribution is 0.134. The van der Waals surface area contributed by atoms with Crippen LogP contribution in [-0.2, 0) is 18.0 Å². The van der Waals surface area contributed by atoms with Gasteiger partial charge in [-0.25, -0.2) is 9.37 Å². The van der Waals surface area contributed by atoms with E-state index in [2.05, 4.69) is 32.9 Å². The van der Waals surface area contributed by atoms with Crippen molar-refractivity contribution in [2.75, 3.05) is 20.2 Å². The third kappa shape index (κ3) is 2.62. The molecule has 0 bridgehead atoms. The lowest BCUT2D eigenvalue weighted by Gasteiger charge is -2.19. The van der Waals surface area contributed by atoms with Crippen molar-refractivity contribution < 1.29 is 13.9 Å². The van der Waals surface area contributed by atoms with Crippen LogP contribution in [0, 0.1) is 5.82 Å². The lowest BCUT2D eigenvalue weighted by Crippen LogP contribution is -2.30. The number of benzene rings is 1. The van der Waals surface area contributed by atoms with Gasteiger partial charge in [0.2, 0.25) is 5.88 Å². The molecule has 2 aromatic rings. The summed E-state index contributed by atoms with van der Waals surface area (Å²) < 4.78 is 26.3. The van der Waals surface area contributed by atoms with Gasteiger partial charge in [-0.05, 0) is 54.0 Å². The quantitative estimate of drug-likeness (QED) is 0.813. The summed E-state index contributed by atoms with van der Waals surface area (Å²) in [4.78, 5) is 6.69. The second-order valence-electron chi connectivity index (χ2n) is 6.21. The Bertz CT molecular complexity index is 768. The molecule has 1 unspecified atom stereocenters. The van der Waals surface area contributed by atoms with E-state index < -0.39 is 0 Å². The number of fused-ring (bicyclic) bond motifs is 3. The molecule has 0 spiro atoms. The van der Waals surface area contributed by atoms with Crippen molar-refractivity contribution in [2.45, 2.75) is 32.1 Å². The largest absolute Gasteiger partial charge is 0.476 e. The Morgan fingerprint density at radius 1 is 1.39 bits per heavy atom. The SMILES string of the molecule is CN1CCCC1COc1ccc2c3c(c(Br)c(F)c2n1)COC3. The highest BCUT2D eigenvalue weighted by Crippen LogP contribution is 2.37. The van der Waals surface area contributed by atoms with Crippen LogP contribution in [-0.4, -0.2) is 36.1 Å². The van der Waals surface area contributed by atoms with E-state index in [0.29, 0.717) is 41.7 Å². The summed E-state index contributed by atoms with van der Waals surface area (Å²) in [5.41, 5.74) is 2.25. The van der Waals surface area contributed by atoms with E-state index in [1.807, 2.05) is 12.1 Å². The number of ether oxygens (including phenoxy) is 2. The Morgan fingerprint density at radius 2 is 2.22 bits per heavy atom. The van der Waals surface area contributed by atoms with Crippen LogP contribution in [0.5, 0.6) is 5.88 Å². The summed E-state index contributed by atoms with van der Waals surface area (Å²) in [6.45, 7) is 2.63. The zero-order valence-electron chi connectivity index (χ0n) is 12.9. The molecule has 1 fully saturated rings. The number of pyridine rings is 1. The minimum Gasteiger partial charge on any atom is -0.476 e. The molecule has 1 saturated heterocycles. The van der Waals surface area contributed by atoms with Crippen molar-refractivity contribution >= 4 is 26.8 Å². The summed E-state index contributed by atoms with van der Waals surface area (Å²) in [5.74, 6) is 0.134. The Hall–Kier alpha value is -1.24. The average molecular weight is 381 g/mol. The lowest BCUT2D eigenvalue weighted by atomic mass is 10.0. The van der Waals surface area contributed by atoms with Crippen LogP contribution in [0.2, 0.25) is 0 Å². The maximum atomic E-state index is 14.6. The van der Waals surface area contributed by atoms with Crippen molar-refractivity contribution in [1.29, 1.82) is 0 Å². The summed E-state index contributed by atoms with van der Waals surface area (Å²) >= 11 is 3.34. The smallest absolute Gasteiger partial charge is 0.213 e. The standard InChI is InChI=1S/C17H18BrFN2O2/c1-21-6-2-3-10(21)7-23-14-5-4-11-12-8-22-9-13(12)15(18)16(19)17(11)20-14/h4-5,10H,2-3,6-9H2,1H3. The van der Waals surface area contributed by atoms with Crippen LogP contribution in [0.1, 0.15) is 24.0 Å². The molecule has 0 N–H and O–H groups in total. The monoisotopic (exact) mass is 380 g/mol. The predicted octanol–water partition coefficient (Wildman–Crippen LogP) is 3.64. The minimum absolute atomic E-state index is 0.340. The zero-order valence-corrected chi connectivity index (χ0v) is 14.5. The zero-order chi connectivity index (χ0) is 16.0. The maximum Gasteiger partial charge on any atom is 0.213 e. The van der Waals surface area contributed by atoms with Gasteiger partial charge in [0.25, 0.3) is 0 Å². The van der Waals surface area contributed by atoms with Crippen molar-refractivity contribution in [3.8, 4) is 5.88 Å². The first-order valence-electron chi connectivity index (χ1n) is 7.85. The molecule has 0 saturated carbocycles. The number of likely N-dealkylation sites (N-methyl/N-ethyl adjacent to an activating group) is 1. The molecule has 6 heteroatoms. The van der Waals surface area contributed by atoms with E-state index >= 15 is 0 Å². The minimum atomic E-state index is -0.340. The van der Waals surface area contributed by atoms with Gasteiger partial charge in [-0.15, -0.1) is 0 Å². The first-order valence-corrected chi connectivity index (χ1v) is 8.64. The maximum absolute atomic E-state index is 14.6. The van der Waals surface area contributed by atoms with E-state index in [-0.39, 0.29) is 5.82 Å². The fraction of sp³-hybridized carbons (Fsp3) is 0.471. The van der Waals surface area contributed by atoms with Gasteiger partial charge < -0.3 is 14.4 Å². The Morgan fingerprint density at radius 3 is 3.00 bits per heavy atom. The third-order valence-corrected chi connectivity index (χ3v) is 5.64. The van der Waals surface area contributed by atoms with E-state index in [9.17, 15) is 4.39 Å². The third-order valence-electron chi connectivity index (χ3n) is 4.81. The Kier molecular flexibility index (Phi) is 3.99. The molecule has 4 rings (SSSR count). The van der Waals surface area contributed by atoms with Crippen LogP contribution >= 0.6 is 15.9 Å². The number of rotatable bonds is 3. The second-order valence-corrected chi connectivity index (χ2v) is 7.00. The van der Waals surface area contributed by atoms with Crippen molar-refractivity contribution in [1.82, 2.24) is 9.88 Å². The fourth-order valence-corrected chi connectivity index (χ4v) is 3.95. The van der Waals surface area contributed by atoms with Gasteiger partial charge in [0.1, 0.15) is 12.1 Å². The fourth-order valence-electron chi connectivity index (χ4n) is 3.41. The molecule has 2 aliphatic rings. The molecule has 0 amide bonds. The Labute approximate surface area is 142 Å². The predicted molar refractivity (Wildman–Crippen MR) is 89.0 cm³/mol. The molecule has 2 aliphatic heterocycles. The number of halogens is 2. The molecule has 1 aromatic carbocycles. The van der Waals surface area contributed by atoms with E-state index in [1.165, 1.54) is 6.42 Å². The molecule has 122 valence electrons. The number of hydrogen-bond donors (Lipinski definition) is 0. The first kappa shape index (κ1) is 15.3. The van der Waals surface area contributed by atoms with Gasteiger partial charge in [-0.1, -0.05) is 0 Å². The molecular formula is C17H18BrFN2O2. The van der Waals surface area contributed by atoms with Crippen molar-refractivity contribution in [2.24, 2.45) is 0 Å². The van der Waals surface area contributed by atoms with Crippen molar-refractivity contribution in [3.63, 3.8) is 0 Å². The molecule has 1 atom stereocenters. The van der Waals surface area contributed by atoms with Gasteiger partial charge in [-0.2, -0.15) is 0 Å². The van der Waals surface area contributed by atoms with Crippen LogP contribution in [0.15, 0.2) is 16.6 Å². The first-order chi connectivity index (χ1) is 11.1. The number of aromatic nitrogens is 1. The summed E-state index contributed by atoms with van der Waals surface area (Å²) in [6.07, 6.45) is 2.33. The van der Waals surface area contributed by atoms with E-state index in [4.69, 9.17) is 9.47 Å². The van der Waals surface area contributed by atoms with Crippen LogP contribution in [0.25, 0.3) is 10.9 Å². The highest BCUT2D eigenvalue weighted by atomic mass is 79.9. The highest BCUT2D eigenvalue weighted by Gasteiger charge is 2.24. The van der Waals surface area contributed by atoms with Crippen LogP contribution in [0.4, 0.5) is 4.39 Å². The number of nitrogens with zero attached hydrogens (tertiary/aromatic N) is 2. The van der Waals surface area contributed by atoms with Gasteiger partial charge in [0.15, 0.2) is 5.82 Å². The van der Waals surface area contributed by atoms with Crippen LogP contribution < -0.4 is 4.74 Å². The van der Waals surface area contributed by atoms with Crippen molar-refractivity contribution in [3.05, 3.63) is 33.5 Å². The van der Waals surface area contributed by atoms with E-state index in [1.54, 1.807) is 0 Å². The highest BCUT2D eigenvalue weighted by molar-refractivity contribution is 9.10. The molecule has 1 aromatic heterocycles. The van der Waals surface area contributed by atoms with Gasteiger partial charge in [0.05, 0.1) is 17.7 Å². The normalized spacial score (nSPS) is 21.1. The molecule has 0 aliphatic carbocycles. The summed E-state index contributed by atoms with van der Waals surface area (Å²) in [7, 11) is 2.11. The summed E-state index contributed by atoms with van der Waals surface area (Å²) in [5, 5.41) is 0.809. The molecule has 0 radical (unpaired) electrons.